The first-order chi connectivity index (χ1) is 7.66. The molecule has 3 nitrogen and oxygen atoms in total. The second kappa shape index (κ2) is 5.01. The summed E-state index contributed by atoms with van der Waals surface area (Å²) >= 11 is 6.99. The maximum absolute atomic E-state index is 5.69. The molecule has 5 heteroatoms. The Morgan fingerprint density at radius 1 is 1.62 bits per heavy atom. The van der Waals surface area contributed by atoms with E-state index in [-0.39, 0.29) is 0 Å². The molecule has 1 aromatic rings. The molecule has 2 heterocycles. The zero-order chi connectivity index (χ0) is 11.5. The van der Waals surface area contributed by atoms with Gasteiger partial charge in [0.1, 0.15) is 10.8 Å². The number of aromatic nitrogens is 1. The summed E-state index contributed by atoms with van der Waals surface area (Å²) in [6.45, 7) is 1.97. The van der Waals surface area contributed by atoms with Gasteiger partial charge >= 0.3 is 0 Å². The third-order valence-electron chi connectivity index (χ3n) is 2.57. The summed E-state index contributed by atoms with van der Waals surface area (Å²) in [6.07, 6.45) is 1.18. The Morgan fingerprint density at radius 2 is 2.44 bits per heavy atom. The zero-order valence-electron chi connectivity index (χ0n) is 9.19. The molecule has 1 aromatic heterocycles. The molecule has 0 radical (unpaired) electrons. The number of nitrogens with zero attached hydrogens (tertiary/aromatic N) is 1. The highest BCUT2D eigenvalue weighted by Crippen LogP contribution is 2.22. The van der Waals surface area contributed by atoms with Crippen LogP contribution in [0.15, 0.2) is 12.1 Å². The summed E-state index contributed by atoms with van der Waals surface area (Å²) in [6, 6.07) is 4.37. The van der Waals surface area contributed by atoms with Gasteiger partial charge in [0.25, 0.3) is 0 Å². The van der Waals surface area contributed by atoms with Crippen molar-refractivity contribution in [1.29, 1.82) is 0 Å². The van der Waals surface area contributed by atoms with E-state index in [0.29, 0.717) is 11.0 Å². The number of rotatable bonds is 3. The van der Waals surface area contributed by atoms with Crippen molar-refractivity contribution in [3.63, 3.8) is 0 Å². The smallest absolute Gasteiger partial charge is 0.136 e. The maximum Gasteiger partial charge on any atom is 0.136 e. The first-order valence-electron chi connectivity index (χ1n) is 5.28. The molecular weight excluding hydrogens is 238 g/mol. The minimum Gasteiger partial charge on any atom is -0.389 e. The Balaban J connectivity index is 2.22. The molecule has 1 fully saturated rings. The number of thiocarbonyl (C=S) groups is 1. The predicted molar refractivity (Wildman–Crippen MR) is 74.2 cm³/mol. The molecule has 1 aliphatic rings. The third kappa shape index (κ3) is 2.65. The Labute approximate surface area is 105 Å². The molecule has 0 bridgehead atoms. The van der Waals surface area contributed by atoms with Crippen molar-refractivity contribution in [1.82, 2.24) is 4.98 Å². The Bertz CT molecular complexity index is 400. The second-order valence-electron chi connectivity index (χ2n) is 3.92. The van der Waals surface area contributed by atoms with Gasteiger partial charge in [-0.1, -0.05) is 12.2 Å². The summed E-state index contributed by atoms with van der Waals surface area (Å²) in [5, 5.41) is 3.43. The van der Waals surface area contributed by atoms with Crippen LogP contribution in [-0.4, -0.2) is 27.5 Å². The number of anilines is 1. The largest absolute Gasteiger partial charge is 0.389 e. The topological polar surface area (TPSA) is 50.9 Å². The van der Waals surface area contributed by atoms with Crippen LogP contribution in [0.1, 0.15) is 17.7 Å². The summed E-state index contributed by atoms with van der Waals surface area (Å²) < 4.78 is 0. The van der Waals surface area contributed by atoms with Crippen molar-refractivity contribution in [2.75, 3.05) is 16.8 Å². The fourth-order valence-electron chi connectivity index (χ4n) is 1.71. The van der Waals surface area contributed by atoms with Gasteiger partial charge in [-0.15, -0.1) is 0 Å². The van der Waals surface area contributed by atoms with Crippen LogP contribution < -0.4 is 11.1 Å². The second-order valence-corrected chi connectivity index (χ2v) is 5.51. The molecule has 3 N–H and O–H groups in total. The van der Waals surface area contributed by atoms with Crippen molar-refractivity contribution < 1.29 is 0 Å². The van der Waals surface area contributed by atoms with E-state index in [1.807, 2.05) is 30.8 Å². The van der Waals surface area contributed by atoms with E-state index in [4.69, 9.17) is 18.0 Å². The van der Waals surface area contributed by atoms with Crippen molar-refractivity contribution in [2.45, 2.75) is 19.4 Å². The minimum absolute atomic E-state index is 0.403. The molecule has 1 saturated heterocycles. The number of nitrogens with one attached hydrogen (secondary N) is 1. The average Bonchev–Trinajstić information content (AvgIpc) is 2.70. The van der Waals surface area contributed by atoms with E-state index in [2.05, 4.69) is 10.3 Å². The number of thioether (sulfide) groups is 1. The lowest BCUT2D eigenvalue weighted by atomic mass is 10.2. The average molecular weight is 253 g/mol. The van der Waals surface area contributed by atoms with Gasteiger partial charge in [0.2, 0.25) is 0 Å². The number of hydrogen-bond donors (Lipinski definition) is 2. The molecule has 0 aromatic carbocycles. The van der Waals surface area contributed by atoms with Crippen molar-refractivity contribution in [2.24, 2.45) is 5.73 Å². The van der Waals surface area contributed by atoms with Gasteiger partial charge in [-0.05, 0) is 31.2 Å². The van der Waals surface area contributed by atoms with E-state index >= 15 is 0 Å². The molecule has 16 heavy (non-hydrogen) atoms. The van der Waals surface area contributed by atoms with Gasteiger partial charge in [-0.25, -0.2) is 4.98 Å². The fraction of sp³-hybridized carbons (Fsp3) is 0.455. The highest BCUT2D eigenvalue weighted by Gasteiger charge is 2.17. The standard InChI is InChI=1S/C11H15N3S2/c1-7-2-3-9(10(12)15)11(13-7)14-8-4-5-16-6-8/h2-3,8H,4-6H2,1H3,(H2,12,15)(H,13,14). The van der Waals surface area contributed by atoms with Crippen LogP contribution in [0.25, 0.3) is 0 Å². The monoisotopic (exact) mass is 253 g/mol. The fourth-order valence-corrected chi connectivity index (χ4v) is 3.02. The lowest BCUT2D eigenvalue weighted by molar-refractivity contribution is 0.805. The molecule has 1 aliphatic heterocycles. The zero-order valence-corrected chi connectivity index (χ0v) is 10.8. The summed E-state index contributed by atoms with van der Waals surface area (Å²) in [5.74, 6) is 3.18. The Kier molecular flexibility index (Phi) is 3.66. The number of hydrogen-bond acceptors (Lipinski definition) is 4. The van der Waals surface area contributed by atoms with Gasteiger partial charge in [0, 0.05) is 17.5 Å². The highest BCUT2D eigenvalue weighted by atomic mass is 32.2. The molecule has 2 rings (SSSR count). The van der Waals surface area contributed by atoms with E-state index in [0.717, 1.165) is 22.8 Å². The van der Waals surface area contributed by atoms with Crippen LogP contribution in [0.4, 0.5) is 5.82 Å². The Hall–Kier alpha value is -0.810. The minimum atomic E-state index is 0.403. The quantitative estimate of drug-likeness (QED) is 0.806. The van der Waals surface area contributed by atoms with E-state index in [1.165, 1.54) is 12.2 Å². The van der Waals surface area contributed by atoms with E-state index in [1.54, 1.807) is 0 Å². The molecule has 0 aliphatic carbocycles. The summed E-state index contributed by atoms with van der Waals surface area (Å²) in [7, 11) is 0. The SMILES string of the molecule is Cc1ccc(C(N)=S)c(NC2CCSC2)n1. The molecule has 1 unspecified atom stereocenters. The van der Waals surface area contributed by atoms with Gasteiger partial charge in [-0.2, -0.15) is 11.8 Å². The lowest BCUT2D eigenvalue weighted by Gasteiger charge is -2.15. The summed E-state index contributed by atoms with van der Waals surface area (Å²) in [5.41, 5.74) is 7.51. The maximum atomic E-state index is 5.69. The first-order valence-corrected chi connectivity index (χ1v) is 6.85. The molecule has 0 amide bonds. The molecule has 0 saturated carbocycles. The lowest BCUT2D eigenvalue weighted by Crippen LogP contribution is -2.22. The molecule has 1 atom stereocenters. The normalized spacial score (nSPS) is 19.7. The Morgan fingerprint density at radius 3 is 3.06 bits per heavy atom. The van der Waals surface area contributed by atoms with E-state index in [9.17, 15) is 0 Å². The molecular formula is C11H15N3S2. The van der Waals surface area contributed by atoms with Crippen LogP contribution in [0, 0.1) is 6.92 Å². The predicted octanol–water partition coefficient (Wildman–Crippen LogP) is 1.94. The van der Waals surface area contributed by atoms with Gasteiger partial charge in [-0.3, -0.25) is 0 Å². The number of nitrogens with two attached hydrogens (primary N) is 1. The van der Waals surface area contributed by atoms with Crippen LogP contribution >= 0.6 is 24.0 Å². The van der Waals surface area contributed by atoms with Crippen LogP contribution in [0.2, 0.25) is 0 Å². The van der Waals surface area contributed by atoms with Crippen molar-refractivity contribution >= 4 is 34.8 Å². The first kappa shape index (κ1) is 11.7. The third-order valence-corrected chi connectivity index (χ3v) is 3.95. The van der Waals surface area contributed by atoms with Crippen LogP contribution in [0.3, 0.4) is 0 Å². The number of aryl methyl sites for hydroxylation is 1. The highest BCUT2D eigenvalue weighted by molar-refractivity contribution is 7.99. The molecule has 86 valence electrons. The van der Waals surface area contributed by atoms with E-state index < -0.39 is 0 Å². The number of pyridine rings is 1. The van der Waals surface area contributed by atoms with Gasteiger partial charge in [0.15, 0.2) is 0 Å². The van der Waals surface area contributed by atoms with Crippen LogP contribution in [0.5, 0.6) is 0 Å². The van der Waals surface area contributed by atoms with Gasteiger partial charge < -0.3 is 11.1 Å². The van der Waals surface area contributed by atoms with Crippen LogP contribution in [-0.2, 0) is 0 Å². The van der Waals surface area contributed by atoms with Crippen molar-refractivity contribution in [3.05, 3.63) is 23.4 Å². The molecule has 0 spiro atoms. The van der Waals surface area contributed by atoms with Gasteiger partial charge in [0.05, 0.1) is 5.56 Å². The summed E-state index contributed by atoms with van der Waals surface area (Å²) in [4.78, 5) is 4.87. The van der Waals surface area contributed by atoms with Crippen molar-refractivity contribution in [3.8, 4) is 0 Å².